The van der Waals surface area contributed by atoms with Crippen LogP contribution in [0.4, 0.5) is 8.78 Å². The van der Waals surface area contributed by atoms with Crippen LogP contribution in [-0.2, 0) is 14.4 Å². The summed E-state index contributed by atoms with van der Waals surface area (Å²) in [7, 11) is 0. The van der Waals surface area contributed by atoms with E-state index in [1.165, 1.54) is 4.90 Å². The molecule has 4 N–H and O–H groups in total. The quantitative estimate of drug-likeness (QED) is 0.527. The number of likely N-dealkylation sites (tertiary alicyclic amines) is 1. The maximum absolute atomic E-state index is 13.5. The number of halogens is 2. The summed E-state index contributed by atoms with van der Waals surface area (Å²) in [6, 6.07) is -2.92. The average Bonchev–Trinajstić information content (AvgIpc) is 3.06. The van der Waals surface area contributed by atoms with Crippen LogP contribution in [0.15, 0.2) is 0 Å². The largest absolute Gasteiger partial charge is 0.384 e. The van der Waals surface area contributed by atoms with Crippen molar-refractivity contribution in [2.75, 3.05) is 6.54 Å². The van der Waals surface area contributed by atoms with Gasteiger partial charge in [0.25, 0.3) is 0 Å². The molecule has 2 amide bonds. The third-order valence-electron chi connectivity index (χ3n) is 4.76. The van der Waals surface area contributed by atoms with Crippen molar-refractivity contribution in [1.29, 1.82) is 0 Å². The fraction of sp³-hybridized carbons (Fsp3) is 0.824. The Morgan fingerprint density at radius 2 is 1.85 bits per heavy atom. The molecule has 1 saturated heterocycles. The molecule has 0 bridgehead atoms. The second-order valence-electron chi connectivity index (χ2n) is 7.48. The standard InChI is InChI=1S/C17H29F2N3O4/c1-9(2)12(20)16(26)22-7-5-6-11(22)15(25)21-13(10(3)4)14(24)17(18,19)8-23/h8-14,24H,5-7,20H2,1-4H3,(H,21,25). The minimum absolute atomic E-state index is 0.108. The molecule has 0 aromatic heterocycles. The van der Waals surface area contributed by atoms with E-state index in [4.69, 9.17) is 5.73 Å². The van der Waals surface area contributed by atoms with Crippen molar-refractivity contribution < 1.29 is 28.3 Å². The van der Waals surface area contributed by atoms with E-state index < -0.39 is 48.3 Å². The van der Waals surface area contributed by atoms with Gasteiger partial charge in [-0.15, -0.1) is 0 Å². The van der Waals surface area contributed by atoms with Gasteiger partial charge in [-0.25, -0.2) is 0 Å². The Morgan fingerprint density at radius 1 is 1.27 bits per heavy atom. The van der Waals surface area contributed by atoms with E-state index in [-0.39, 0.29) is 11.8 Å². The van der Waals surface area contributed by atoms with Gasteiger partial charge in [0.1, 0.15) is 12.1 Å². The summed E-state index contributed by atoms with van der Waals surface area (Å²) in [6.45, 7) is 7.03. The minimum Gasteiger partial charge on any atom is -0.384 e. The van der Waals surface area contributed by atoms with Gasteiger partial charge in [-0.3, -0.25) is 14.4 Å². The van der Waals surface area contributed by atoms with E-state index in [0.717, 1.165) is 0 Å². The van der Waals surface area contributed by atoms with E-state index in [1.807, 2.05) is 0 Å². The van der Waals surface area contributed by atoms with Crippen LogP contribution in [0.25, 0.3) is 0 Å². The summed E-state index contributed by atoms with van der Waals surface area (Å²) in [5.74, 6) is -5.64. The average molecular weight is 377 g/mol. The first kappa shape index (κ1) is 22.4. The first-order valence-electron chi connectivity index (χ1n) is 8.82. The summed E-state index contributed by atoms with van der Waals surface area (Å²) >= 11 is 0. The van der Waals surface area contributed by atoms with Crippen molar-refractivity contribution in [2.24, 2.45) is 17.6 Å². The molecule has 0 aromatic carbocycles. The lowest BCUT2D eigenvalue weighted by atomic mass is 9.94. The van der Waals surface area contributed by atoms with Crippen LogP contribution in [0.3, 0.4) is 0 Å². The Morgan fingerprint density at radius 3 is 2.31 bits per heavy atom. The van der Waals surface area contributed by atoms with Gasteiger partial charge in [0.15, 0.2) is 6.29 Å². The number of rotatable bonds is 8. The van der Waals surface area contributed by atoms with E-state index in [9.17, 15) is 28.3 Å². The number of hydrogen-bond acceptors (Lipinski definition) is 5. The normalized spacial score (nSPS) is 21.6. The summed E-state index contributed by atoms with van der Waals surface area (Å²) in [4.78, 5) is 37.0. The van der Waals surface area contributed by atoms with Crippen LogP contribution in [0.1, 0.15) is 40.5 Å². The minimum atomic E-state index is -3.98. The molecule has 150 valence electrons. The van der Waals surface area contributed by atoms with Gasteiger partial charge in [0.05, 0.1) is 12.1 Å². The molecule has 1 aliphatic heterocycles. The SMILES string of the molecule is CC(C)C(N)C(=O)N1CCCC1C(=O)NC(C(C)C)C(O)C(F)(F)C=O. The zero-order chi connectivity index (χ0) is 20.2. The number of carbonyl (C=O) groups excluding carboxylic acids is 3. The third-order valence-corrected chi connectivity index (χ3v) is 4.76. The fourth-order valence-electron chi connectivity index (χ4n) is 2.96. The van der Waals surface area contributed by atoms with E-state index in [1.54, 1.807) is 27.7 Å². The summed E-state index contributed by atoms with van der Waals surface area (Å²) in [5.41, 5.74) is 5.87. The highest BCUT2D eigenvalue weighted by atomic mass is 19.3. The summed E-state index contributed by atoms with van der Waals surface area (Å²) < 4.78 is 27.1. The van der Waals surface area contributed by atoms with Crippen LogP contribution >= 0.6 is 0 Å². The number of nitrogens with two attached hydrogens (primary N) is 1. The summed E-state index contributed by atoms with van der Waals surface area (Å²) in [6.07, 6.45) is -2.01. The zero-order valence-corrected chi connectivity index (χ0v) is 15.6. The monoisotopic (exact) mass is 377 g/mol. The van der Waals surface area contributed by atoms with Crippen molar-refractivity contribution >= 4 is 18.1 Å². The van der Waals surface area contributed by atoms with Gasteiger partial charge in [-0.1, -0.05) is 27.7 Å². The Hall–Kier alpha value is -1.61. The number of alkyl halides is 2. The van der Waals surface area contributed by atoms with Crippen molar-refractivity contribution in [3.05, 3.63) is 0 Å². The second-order valence-corrected chi connectivity index (χ2v) is 7.48. The molecule has 0 aliphatic carbocycles. The van der Waals surface area contributed by atoms with Crippen LogP contribution < -0.4 is 11.1 Å². The number of hydrogen-bond donors (Lipinski definition) is 3. The molecular weight excluding hydrogens is 348 g/mol. The predicted molar refractivity (Wildman–Crippen MR) is 91.3 cm³/mol. The van der Waals surface area contributed by atoms with Crippen LogP contribution in [-0.4, -0.2) is 64.8 Å². The van der Waals surface area contributed by atoms with Gasteiger partial charge in [0.2, 0.25) is 11.8 Å². The lowest BCUT2D eigenvalue weighted by Crippen LogP contribution is -2.59. The van der Waals surface area contributed by atoms with E-state index in [0.29, 0.717) is 19.4 Å². The molecule has 1 fully saturated rings. The topological polar surface area (TPSA) is 113 Å². The number of nitrogens with one attached hydrogen (secondary N) is 1. The molecule has 9 heteroatoms. The van der Waals surface area contributed by atoms with Gasteiger partial charge in [-0.05, 0) is 24.7 Å². The fourth-order valence-corrected chi connectivity index (χ4v) is 2.96. The Kier molecular flexibility index (Phi) is 7.64. The Bertz CT molecular complexity index is 528. The molecule has 4 atom stereocenters. The van der Waals surface area contributed by atoms with E-state index in [2.05, 4.69) is 5.32 Å². The Balaban J connectivity index is 2.92. The molecule has 0 aromatic rings. The van der Waals surface area contributed by atoms with Crippen molar-refractivity contribution in [1.82, 2.24) is 10.2 Å². The highest BCUT2D eigenvalue weighted by Gasteiger charge is 2.46. The molecule has 0 radical (unpaired) electrons. The van der Waals surface area contributed by atoms with Crippen LogP contribution in [0, 0.1) is 11.8 Å². The van der Waals surface area contributed by atoms with Crippen LogP contribution in [0.5, 0.6) is 0 Å². The molecule has 0 spiro atoms. The highest BCUT2D eigenvalue weighted by Crippen LogP contribution is 2.24. The number of aliphatic hydroxyl groups is 1. The van der Waals surface area contributed by atoms with E-state index >= 15 is 0 Å². The maximum atomic E-state index is 13.5. The molecule has 26 heavy (non-hydrogen) atoms. The van der Waals surface area contributed by atoms with Gasteiger partial charge >= 0.3 is 5.92 Å². The highest BCUT2D eigenvalue weighted by molar-refractivity contribution is 5.90. The lowest BCUT2D eigenvalue weighted by molar-refractivity contribution is -0.155. The third kappa shape index (κ3) is 4.97. The van der Waals surface area contributed by atoms with Crippen molar-refractivity contribution in [2.45, 2.75) is 70.7 Å². The first-order chi connectivity index (χ1) is 11.9. The van der Waals surface area contributed by atoms with Crippen molar-refractivity contribution in [3.8, 4) is 0 Å². The molecule has 0 saturated carbocycles. The van der Waals surface area contributed by atoms with Gasteiger partial charge < -0.3 is 21.1 Å². The number of aliphatic hydroxyl groups excluding tert-OH is 1. The van der Waals surface area contributed by atoms with Crippen LogP contribution in [0.2, 0.25) is 0 Å². The smallest absolute Gasteiger partial charge is 0.329 e. The lowest BCUT2D eigenvalue weighted by Gasteiger charge is -2.33. The number of amides is 2. The maximum Gasteiger partial charge on any atom is 0.329 e. The molecule has 1 aliphatic rings. The Labute approximate surface area is 152 Å². The summed E-state index contributed by atoms with van der Waals surface area (Å²) in [5, 5.41) is 12.2. The van der Waals surface area contributed by atoms with Crippen molar-refractivity contribution in [3.63, 3.8) is 0 Å². The van der Waals surface area contributed by atoms with Gasteiger partial charge in [0, 0.05) is 6.54 Å². The molecule has 1 rings (SSSR count). The number of nitrogens with zero attached hydrogens (tertiary/aromatic N) is 1. The molecular formula is C17H29F2N3O4. The van der Waals surface area contributed by atoms with Gasteiger partial charge in [-0.2, -0.15) is 8.78 Å². The molecule has 4 unspecified atom stereocenters. The second kappa shape index (κ2) is 8.85. The number of carbonyl (C=O) groups is 3. The molecule has 7 nitrogen and oxygen atoms in total. The zero-order valence-electron chi connectivity index (χ0n) is 15.6. The number of aldehydes is 1. The first-order valence-corrected chi connectivity index (χ1v) is 8.82. The predicted octanol–water partition coefficient (Wildman–Crippen LogP) is 0.297. The molecule has 1 heterocycles.